The molecule has 10 nitrogen and oxygen atoms in total. The molecule has 1 aromatic carbocycles. The van der Waals surface area contributed by atoms with Crippen LogP contribution in [0.15, 0.2) is 23.1 Å². The first-order valence-electron chi connectivity index (χ1n) is 10.5. The standard InChI is InChI=1S/C22H27ClN2O8S2/c1-6-32-21(27)17-13(3)34-20(18(17)22(28)33-7-2)24-19(26)15-12-14(8-9-16(15)31-5)35(29,30)25(4)11-10-23/h8-9,12H,6-7,10-11H2,1-5H3,(H,24,26). The van der Waals surface area contributed by atoms with Gasteiger partial charge in [-0.25, -0.2) is 18.0 Å². The van der Waals surface area contributed by atoms with Crippen LogP contribution in [0.25, 0.3) is 0 Å². The number of nitrogens with zero attached hydrogens (tertiary/aromatic N) is 1. The molecule has 1 N–H and O–H groups in total. The Bertz CT molecular complexity index is 1210. The van der Waals surface area contributed by atoms with Crippen LogP contribution in [-0.2, 0) is 19.5 Å². The number of thiophene rings is 1. The van der Waals surface area contributed by atoms with E-state index in [-0.39, 0.29) is 58.0 Å². The summed E-state index contributed by atoms with van der Waals surface area (Å²) in [7, 11) is -1.22. The van der Waals surface area contributed by atoms with Gasteiger partial charge in [0.2, 0.25) is 10.0 Å². The van der Waals surface area contributed by atoms with E-state index in [1.165, 1.54) is 32.4 Å². The first-order chi connectivity index (χ1) is 16.5. The summed E-state index contributed by atoms with van der Waals surface area (Å²) in [4.78, 5) is 38.7. The van der Waals surface area contributed by atoms with Gasteiger partial charge in [0.25, 0.3) is 5.91 Å². The number of esters is 2. The fraction of sp³-hybridized carbons (Fsp3) is 0.409. The van der Waals surface area contributed by atoms with Crippen LogP contribution in [0.1, 0.15) is 49.8 Å². The number of carbonyl (C=O) groups excluding carboxylic acids is 3. The normalized spacial score (nSPS) is 11.3. The number of rotatable bonds is 11. The van der Waals surface area contributed by atoms with Crippen molar-refractivity contribution in [2.45, 2.75) is 25.7 Å². The van der Waals surface area contributed by atoms with Crippen LogP contribution in [0.3, 0.4) is 0 Å². The second-order valence-corrected chi connectivity index (χ2v) is 10.7. The van der Waals surface area contributed by atoms with Crippen molar-refractivity contribution in [3.63, 3.8) is 0 Å². The SMILES string of the molecule is CCOC(=O)c1c(C)sc(NC(=O)c2cc(S(=O)(=O)N(C)CCCl)ccc2OC)c1C(=O)OCC. The van der Waals surface area contributed by atoms with Gasteiger partial charge in [-0.05, 0) is 39.0 Å². The number of aryl methyl sites for hydroxylation is 1. The van der Waals surface area contributed by atoms with E-state index in [4.69, 9.17) is 25.8 Å². The molecule has 35 heavy (non-hydrogen) atoms. The zero-order valence-corrected chi connectivity index (χ0v) is 22.4. The second kappa shape index (κ2) is 12.3. The Morgan fingerprint density at radius 3 is 2.23 bits per heavy atom. The average molecular weight is 547 g/mol. The Morgan fingerprint density at radius 1 is 1.09 bits per heavy atom. The summed E-state index contributed by atoms with van der Waals surface area (Å²) in [5, 5.41) is 2.65. The number of amides is 1. The van der Waals surface area contributed by atoms with Crippen molar-refractivity contribution in [1.29, 1.82) is 0 Å². The number of hydrogen-bond donors (Lipinski definition) is 1. The molecule has 0 aliphatic heterocycles. The zero-order chi connectivity index (χ0) is 26.3. The summed E-state index contributed by atoms with van der Waals surface area (Å²) in [6, 6.07) is 3.84. The van der Waals surface area contributed by atoms with Crippen molar-refractivity contribution in [2.24, 2.45) is 0 Å². The molecule has 0 saturated carbocycles. The molecule has 0 aliphatic rings. The quantitative estimate of drug-likeness (QED) is 0.335. The van der Waals surface area contributed by atoms with Crippen LogP contribution in [0.2, 0.25) is 0 Å². The molecule has 1 heterocycles. The van der Waals surface area contributed by atoms with Gasteiger partial charge in [0, 0.05) is 24.3 Å². The van der Waals surface area contributed by atoms with Crippen molar-refractivity contribution in [1.82, 2.24) is 4.31 Å². The number of sulfonamides is 1. The molecule has 1 amide bonds. The third kappa shape index (κ3) is 6.31. The molecular weight excluding hydrogens is 520 g/mol. The van der Waals surface area contributed by atoms with Gasteiger partial charge >= 0.3 is 11.9 Å². The van der Waals surface area contributed by atoms with E-state index >= 15 is 0 Å². The van der Waals surface area contributed by atoms with E-state index in [2.05, 4.69) is 5.32 Å². The molecule has 0 aliphatic carbocycles. The third-order valence-electron chi connectivity index (χ3n) is 4.79. The lowest BCUT2D eigenvalue weighted by Crippen LogP contribution is -2.29. The van der Waals surface area contributed by atoms with Gasteiger partial charge in [0.1, 0.15) is 16.3 Å². The van der Waals surface area contributed by atoms with E-state index in [0.717, 1.165) is 15.6 Å². The highest BCUT2D eigenvalue weighted by atomic mass is 35.5. The molecule has 1 aromatic heterocycles. The van der Waals surface area contributed by atoms with Crippen LogP contribution >= 0.6 is 22.9 Å². The molecule has 0 fully saturated rings. The monoisotopic (exact) mass is 546 g/mol. The second-order valence-electron chi connectivity index (χ2n) is 7.01. The maximum Gasteiger partial charge on any atom is 0.342 e. The number of carbonyl (C=O) groups is 3. The van der Waals surface area contributed by atoms with E-state index in [0.29, 0.717) is 4.88 Å². The van der Waals surface area contributed by atoms with Crippen molar-refractivity contribution >= 4 is 55.8 Å². The van der Waals surface area contributed by atoms with Crippen LogP contribution in [-0.4, -0.2) is 70.4 Å². The molecule has 0 bridgehead atoms. The number of alkyl halides is 1. The van der Waals surface area contributed by atoms with Gasteiger partial charge in [0.05, 0.1) is 36.3 Å². The van der Waals surface area contributed by atoms with Crippen molar-refractivity contribution < 1.29 is 37.0 Å². The Labute approximate surface area is 213 Å². The lowest BCUT2D eigenvalue weighted by Gasteiger charge is -2.17. The molecule has 2 aromatic rings. The summed E-state index contributed by atoms with van der Waals surface area (Å²) < 4.78 is 42.1. The Balaban J connectivity index is 2.55. The average Bonchev–Trinajstić information content (AvgIpc) is 3.14. The number of ether oxygens (including phenoxy) is 3. The van der Waals surface area contributed by atoms with Crippen LogP contribution in [0, 0.1) is 6.92 Å². The Hall–Kier alpha value is -2.67. The van der Waals surface area contributed by atoms with Gasteiger partial charge in [-0.3, -0.25) is 4.79 Å². The third-order valence-corrected chi connectivity index (χ3v) is 7.84. The predicted octanol–water partition coefficient (Wildman–Crippen LogP) is 3.53. The molecule has 0 radical (unpaired) electrons. The molecular formula is C22H27ClN2O8S2. The first kappa shape index (κ1) is 28.6. The number of nitrogens with one attached hydrogen (secondary N) is 1. The number of halogens is 1. The lowest BCUT2D eigenvalue weighted by molar-refractivity contribution is 0.0480. The highest BCUT2D eigenvalue weighted by Crippen LogP contribution is 2.35. The maximum absolute atomic E-state index is 13.2. The molecule has 192 valence electrons. The van der Waals surface area contributed by atoms with Gasteiger partial charge in [-0.2, -0.15) is 4.31 Å². The van der Waals surface area contributed by atoms with Crippen LogP contribution < -0.4 is 10.1 Å². The largest absolute Gasteiger partial charge is 0.496 e. The molecule has 13 heteroatoms. The smallest absolute Gasteiger partial charge is 0.342 e. The van der Waals surface area contributed by atoms with E-state index in [9.17, 15) is 22.8 Å². The number of hydrogen-bond acceptors (Lipinski definition) is 9. The van der Waals surface area contributed by atoms with E-state index in [1.54, 1.807) is 20.8 Å². The van der Waals surface area contributed by atoms with Crippen LogP contribution in [0.5, 0.6) is 5.75 Å². The number of anilines is 1. The summed E-state index contributed by atoms with van der Waals surface area (Å²) in [5.41, 5.74) is -0.228. The number of methoxy groups -OCH3 is 1. The predicted molar refractivity (Wildman–Crippen MR) is 132 cm³/mol. The van der Waals surface area contributed by atoms with Crippen LogP contribution in [0.4, 0.5) is 5.00 Å². The minimum atomic E-state index is -3.92. The minimum Gasteiger partial charge on any atom is -0.496 e. The molecule has 0 atom stereocenters. The van der Waals surface area contributed by atoms with Gasteiger partial charge < -0.3 is 19.5 Å². The van der Waals surface area contributed by atoms with Crippen molar-refractivity contribution in [2.75, 3.05) is 45.1 Å². The fourth-order valence-corrected chi connectivity index (χ4v) is 5.67. The van der Waals surface area contributed by atoms with Gasteiger partial charge in [0.15, 0.2) is 0 Å². The topological polar surface area (TPSA) is 128 Å². The number of benzene rings is 1. The van der Waals surface area contributed by atoms with E-state index in [1.807, 2.05) is 0 Å². The van der Waals surface area contributed by atoms with Gasteiger partial charge in [-0.1, -0.05) is 0 Å². The lowest BCUT2D eigenvalue weighted by atomic mass is 10.1. The summed E-state index contributed by atoms with van der Waals surface area (Å²) in [6.45, 7) is 5.06. The highest BCUT2D eigenvalue weighted by Gasteiger charge is 2.30. The Kier molecular flexibility index (Phi) is 10.1. The maximum atomic E-state index is 13.2. The van der Waals surface area contributed by atoms with Crippen molar-refractivity contribution in [3.05, 3.63) is 39.8 Å². The Morgan fingerprint density at radius 2 is 1.69 bits per heavy atom. The molecule has 0 unspecified atom stereocenters. The van der Waals surface area contributed by atoms with Crippen molar-refractivity contribution in [3.8, 4) is 5.75 Å². The molecule has 2 rings (SSSR count). The van der Waals surface area contributed by atoms with Gasteiger partial charge in [-0.15, -0.1) is 22.9 Å². The summed E-state index contributed by atoms with van der Waals surface area (Å²) in [5.74, 6) is -2.07. The first-order valence-corrected chi connectivity index (χ1v) is 13.3. The molecule has 0 saturated heterocycles. The zero-order valence-electron chi connectivity index (χ0n) is 20.0. The fourth-order valence-electron chi connectivity index (χ4n) is 3.09. The van der Waals surface area contributed by atoms with E-state index < -0.39 is 27.9 Å². The summed E-state index contributed by atoms with van der Waals surface area (Å²) >= 11 is 6.66. The summed E-state index contributed by atoms with van der Waals surface area (Å²) in [6.07, 6.45) is 0. The minimum absolute atomic E-state index is 0.00315. The highest BCUT2D eigenvalue weighted by molar-refractivity contribution is 7.89. The molecule has 0 spiro atoms.